The molecule has 1 N–H and O–H groups in total. The second-order valence-corrected chi connectivity index (χ2v) is 4.62. The van der Waals surface area contributed by atoms with Crippen molar-refractivity contribution in [1.29, 1.82) is 0 Å². The van der Waals surface area contributed by atoms with Gasteiger partial charge in [-0.3, -0.25) is 0 Å². The summed E-state index contributed by atoms with van der Waals surface area (Å²) in [6, 6.07) is 0. The predicted octanol–water partition coefficient (Wildman–Crippen LogP) is 4.14. The van der Waals surface area contributed by atoms with Crippen molar-refractivity contribution in [3.8, 4) is 0 Å². The standard InChI is InChI=1S/C12H21BrO2/c1-11(12(14)15)9-7-5-3-2-4-6-8-10-13/h1-10H2,(H,14,15). The zero-order valence-electron chi connectivity index (χ0n) is 9.30. The van der Waals surface area contributed by atoms with Crippen LogP contribution in [0.15, 0.2) is 12.2 Å². The molecule has 0 aliphatic carbocycles. The van der Waals surface area contributed by atoms with Crippen molar-refractivity contribution in [3.05, 3.63) is 12.2 Å². The first kappa shape index (κ1) is 14.7. The number of unbranched alkanes of at least 4 members (excludes halogenated alkanes) is 6. The lowest BCUT2D eigenvalue weighted by Crippen LogP contribution is -1.98. The molecule has 2 nitrogen and oxygen atoms in total. The highest BCUT2D eigenvalue weighted by atomic mass is 79.9. The van der Waals surface area contributed by atoms with Crippen LogP contribution in [0, 0.1) is 0 Å². The highest BCUT2D eigenvalue weighted by Gasteiger charge is 2.02. The molecule has 0 aliphatic rings. The van der Waals surface area contributed by atoms with E-state index >= 15 is 0 Å². The summed E-state index contributed by atoms with van der Waals surface area (Å²) in [5.41, 5.74) is 0.342. The van der Waals surface area contributed by atoms with Gasteiger partial charge in [0.15, 0.2) is 0 Å². The summed E-state index contributed by atoms with van der Waals surface area (Å²) in [7, 11) is 0. The summed E-state index contributed by atoms with van der Waals surface area (Å²) in [5, 5.41) is 9.68. The minimum Gasteiger partial charge on any atom is -0.478 e. The molecule has 0 saturated heterocycles. The van der Waals surface area contributed by atoms with E-state index in [-0.39, 0.29) is 0 Å². The van der Waals surface area contributed by atoms with Crippen LogP contribution >= 0.6 is 15.9 Å². The summed E-state index contributed by atoms with van der Waals surface area (Å²) >= 11 is 3.41. The second-order valence-electron chi connectivity index (χ2n) is 3.82. The first-order chi connectivity index (χ1) is 7.18. The van der Waals surface area contributed by atoms with Gasteiger partial charge in [-0.15, -0.1) is 0 Å². The molecule has 0 aliphatic heterocycles. The predicted molar refractivity (Wildman–Crippen MR) is 67.5 cm³/mol. The van der Waals surface area contributed by atoms with Gasteiger partial charge in [-0.05, 0) is 19.3 Å². The molecular weight excluding hydrogens is 256 g/mol. The Bertz CT molecular complexity index is 190. The van der Waals surface area contributed by atoms with Crippen molar-refractivity contribution in [3.63, 3.8) is 0 Å². The van der Waals surface area contributed by atoms with Gasteiger partial charge in [0.25, 0.3) is 0 Å². The number of hydrogen-bond donors (Lipinski definition) is 1. The maximum Gasteiger partial charge on any atom is 0.330 e. The molecule has 88 valence electrons. The van der Waals surface area contributed by atoms with Gasteiger partial charge in [-0.2, -0.15) is 0 Å². The molecule has 0 fully saturated rings. The third kappa shape index (κ3) is 9.98. The number of hydrogen-bond acceptors (Lipinski definition) is 1. The molecule has 0 aromatic rings. The van der Waals surface area contributed by atoms with Crippen LogP contribution in [0.1, 0.15) is 51.4 Å². The summed E-state index contributed by atoms with van der Waals surface area (Å²) < 4.78 is 0. The van der Waals surface area contributed by atoms with Gasteiger partial charge in [-0.1, -0.05) is 54.6 Å². The van der Waals surface area contributed by atoms with E-state index in [4.69, 9.17) is 5.11 Å². The zero-order chi connectivity index (χ0) is 11.5. The lowest BCUT2D eigenvalue weighted by atomic mass is 10.1. The van der Waals surface area contributed by atoms with Crippen LogP contribution in [-0.4, -0.2) is 16.4 Å². The van der Waals surface area contributed by atoms with Crippen molar-refractivity contribution < 1.29 is 9.90 Å². The molecule has 0 radical (unpaired) electrons. The SMILES string of the molecule is C=C(CCCCCCCCCBr)C(=O)O. The zero-order valence-corrected chi connectivity index (χ0v) is 10.9. The van der Waals surface area contributed by atoms with Crippen LogP contribution in [0.5, 0.6) is 0 Å². The highest BCUT2D eigenvalue weighted by molar-refractivity contribution is 9.09. The molecular formula is C12H21BrO2. The van der Waals surface area contributed by atoms with Crippen LogP contribution in [-0.2, 0) is 4.79 Å². The molecule has 0 unspecified atom stereocenters. The summed E-state index contributed by atoms with van der Waals surface area (Å²) in [4.78, 5) is 10.4. The van der Waals surface area contributed by atoms with E-state index in [1.807, 2.05) is 0 Å². The molecule has 0 saturated carbocycles. The first-order valence-electron chi connectivity index (χ1n) is 5.65. The topological polar surface area (TPSA) is 37.3 Å². The van der Waals surface area contributed by atoms with Crippen molar-refractivity contribution in [1.82, 2.24) is 0 Å². The van der Waals surface area contributed by atoms with E-state index in [9.17, 15) is 4.79 Å². The Morgan fingerprint density at radius 3 is 1.93 bits per heavy atom. The van der Waals surface area contributed by atoms with Crippen molar-refractivity contribution in [2.75, 3.05) is 5.33 Å². The normalized spacial score (nSPS) is 10.2. The van der Waals surface area contributed by atoms with Gasteiger partial charge in [0, 0.05) is 10.9 Å². The largest absolute Gasteiger partial charge is 0.478 e. The number of carboxylic acids is 1. The molecule has 0 amide bonds. The molecule has 0 spiro atoms. The van der Waals surface area contributed by atoms with Crippen molar-refractivity contribution in [2.24, 2.45) is 0 Å². The van der Waals surface area contributed by atoms with E-state index in [0.717, 1.165) is 18.2 Å². The lowest BCUT2D eigenvalue weighted by Gasteiger charge is -2.01. The molecule has 0 bridgehead atoms. The fourth-order valence-corrected chi connectivity index (χ4v) is 1.82. The molecule has 0 aromatic carbocycles. The molecule has 0 atom stereocenters. The van der Waals surface area contributed by atoms with E-state index in [2.05, 4.69) is 22.5 Å². The molecule has 15 heavy (non-hydrogen) atoms. The Kier molecular flexibility index (Phi) is 10.0. The average Bonchev–Trinajstić information content (AvgIpc) is 2.21. The molecule has 0 heterocycles. The van der Waals surface area contributed by atoms with E-state index < -0.39 is 5.97 Å². The fourth-order valence-electron chi connectivity index (χ4n) is 1.42. The number of carbonyl (C=O) groups is 1. The summed E-state index contributed by atoms with van der Waals surface area (Å²) in [6.45, 7) is 3.51. The van der Waals surface area contributed by atoms with Gasteiger partial charge in [0.05, 0.1) is 0 Å². The minimum absolute atomic E-state index is 0.342. The van der Waals surface area contributed by atoms with Gasteiger partial charge < -0.3 is 5.11 Å². The van der Waals surface area contributed by atoms with E-state index in [1.54, 1.807) is 0 Å². The smallest absolute Gasteiger partial charge is 0.330 e. The van der Waals surface area contributed by atoms with Crippen LogP contribution in [0.4, 0.5) is 0 Å². The highest BCUT2D eigenvalue weighted by Crippen LogP contribution is 2.11. The Morgan fingerprint density at radius 2 is 1.47 bits per heavy atom. The van der Waals surface area contributed by atoms with Gasteiger partial charge in [0.2, 0.25) is 0 Å². The number of rotatable bonds is 10. The Morgan fingerprint density at radius 1 is 1.00 bits per heavy atom. The molecule has 3 heteroatoms. The molecule has 0 rings (SSSR count). The maximum absolute atomic E-state index is 10.4. The van der Waals surface area contributed by atoms with Crippen molar-refractivity contribution in [2.45, 2.75) is 51.4 Å². The number of carboxylic acid groups (broad SMARTS) is 1. The fraction of sp³-hybridized carbons (Fsp3) is 0.750. The van der Waals surface area contributed by atoms with Crippen LogP contribution in [0.25, 0.3) is 0 Å². The van der Waals surface area contributed by atoms with Gasteiger partial charge >= 0.3 is 5.97 Å². The van der Waals surface area contributed by atoms with Gasteiger partial charge in [-0.25, -0.2) is 4.79 Å². The quantitative estimate of drug-likeness (QED) is 0.370. The number of alkyl halides is 1. The monoisotopic (exact) mass is 276 g/mol. The maximum atomic E-state index is 10.4. The third-order valence-corrected chi connectivity index (χ3v) is 2.98. The van der Waals surface area contributed by atoms with Crippen LogP contribution in [0.2, 0.25) is 0 Å². The third-order valence-electron chi connectivity index (χ3n) is 2.41. The van der Waals surface area contributed by atoms with Crippen molar-refractivity contribution >= 4 is 21.9 Å². The summed E-state index contributed by atoms with van der Waals surface area (Å²) in [5.74, 6) is -0.854. The number of aliphatic carboxylic acids is 1. The van der Waals surface area contributed by atoms with Crippen LogP contribution in [0.3, 0.4) is 0 Å². The van der Waals surface area contributed by atoms with E-state index in [1.165, 1.54) is 32.1 Å². The molecule has 0 aromatic heterocycles. The average molecular weight is 277 g/mol. The summed E-state index contributed by atoms with van der Waals surface area (Å²) in [6.07, 6.45) is 9.07. The Hall–Kier alpha value is -0.310. The number of halogens is 1. The lowest BCUT2D eigenvalue weighted by molar-refractivity contribution is -0.132. The minimum atomic E-state index is -0.854. The Labute approximate surface area is 101 Å². The Balaban J connectivity index is 3.11. The van der Waals surface area contributed by atoms with Crippen LogP contribution < -0.4 is 0 Å². The van der Waals surface area contributed by atoms with Gasteiger partial charge in [0.1, 0.15) is 0 Å². The van der Waals surface area contributed by atoms with E-state index in [0.29, 0.717) is 12.0 Å². The second kappa shape index (κ2) is 10.2. The first-order valence-corrected chi connectivity index (χ1v) is 6.77.